The molecular formula is C16H24ClFN2. The summed E-state index contributed by atoms with van der Waals surface area (Å²) in [6.45, 7) is 6.54. The lowest BCUT2D eigenvalue weighted by molar-refractivity contribution is 0.0731. The monoisotopic (exact) mass is 298 g/mol. The Balaban J connectivity index is 2.09. The molecule has 0 radical (unpaired) electrons. The maximum absolute atomic E-state index is 13.5. The Labute approximate surface area is 126 Å². The number of hydrogen-bond acceptors (Lipinski definition) is 2. The number of piperidine rings is 1. The molecule has 1 aromatic rings. The van der Waals surface area contributed by atoms with Crippen LogP contribution >= 0.6 is 11.6 Å². The maximum atomic E-state index is 13.5. The van der Waals surface area contributed by atoms with E-state index in [1.165, 1.54) is 25.3 Å². The van der Waals surface area contributed by atoms with Crippen LogP contribution < -0.4 is 5.73 Å². The van der Waals surface area contributed by atoms with Crippen LogP contribution in [-0.4, -0.2) is 29.6 Å². The number of hydrogen-bond donors (Lipinski definition) is 1. The van der Waals surface area contributed by atoms with Crippen molar-refractivity contribution in [2.45, 2.75) is 51.1 Å². The van der Waals surface area contributed by atoms with Crippen molar-refractivity contribution < 1.29 is 4.39 Å². The van der Waals surface area contributed by atoms with Crippen LogP contribution in [0.3, 0.4) is 0 Å². The summed E-state index contributed by atoms with van der Waals surface area (Å²) in [5.41, 5.74) is 7.11. The first kappa shape index (κ1) is 15.7. The molecule has 0 saturated carbocycles. The third-order valence-electron chi connectivity index (χ3n) is 4.55. The van der Waals surface area contributed by atoms with E-state index in [0.717, 1.165) is 18.7 Å². The van der Waals surface area contributed by atoms with E-state index < -0.39 is 0 Å². The molecule has 0 amide bonds. The number of nitrogens with zero attached hydrogens (tertiary/aromatic N) is 1. The summed E-state index contributed by atoms with van der Waals surface area (Å²) in [5.74, 6) is -0.368. The zero-order valence-electron chi connectivity index (χ0n) is 12.3. The molecule has 0 aliphatic carbocycles. The normalized spacial score (nSPS) is 19.1. The second-order valence-electron chi connectivity index (χ2n) is 6.22. The topological polar surface area (TPSA) is 29.3 Å². The quantitative estimate of drug-likeness (QED) is 0.920. The van der Waals surface area contributed by atoms with Crippen molar-refractivity contribution in [1.82, 2.24) is 4.90 Å². The lowest BCUT2D eigenvalue weighted by Gasteiger charge is -2.44. The molecule has 2 N–H and O–H groups in total. The van der Waals surface area contributed by atoms with E-state index in [0.29, 0.717) is 6.42 Å². The molecule has 4 heteroatoms. The van der Waals surface area contributed by atoms with Gasteiger partial charge < -0.3 is 5.73 Å². The van der Waals surface area contributed by atoms with Gasteiger partial charge in [0, 0.05) is 11.6 Å². The fourth-order valence-corrected chi connectivity index (χ4v) is 3.10. The lowest BCUT2D eigenvalue weighted by atomic mass is 9.86. The van der Waals surface area contributed by atoms with Gasteiger partial charge in [-0.1, -0.05) is 30.2 Å². The van der Waals surface area contributed by atoms with Gasteiger partial charge in [-0.3, -0.25) is 4.90 Å². The molecule has 0 bridgehead atoms. The second-order valence-corrected chi connectivity index (χ2v) is 6.60. The molecule has 1 atom stereocenters. The van der Waals surface area contributed by atoms with Crippen molar-refractivity contribution in [3.05, 3.63) is 34.6 Å². The van der Waals surface area contributed by atoms with Gasteiger partial charge in [0.05, 0.1) is 5.02 Å². The molecule has 1 unspecified atom stereocenters. The van der Waals surface area contributed by atoms with Crippen molar-refractivity contribution in [3.8, 4) is 0 Å². The van der Waals surface area contributed by atoms with Gasteiger partial charge in [-0.25, -0.2) is 4.39 Å². The first-order valence-corrected chi connectivity index (χ1v) is 7.74. The first-order chi connectivity index (χ1) is 9.43. The van der Waals surface area contributed by atoms with Gasteiger partial charge in [-0.15, -0.1) is 0 Å². The van der Waals surface area contributed by atoms with Crippen LogP contribution in [0.1, 0.15) is 38.7 Å². The Morgan fingerprint density at radius 1 is 1.30 bits per heavy atom. The van der Waals surface area contributed by atoms with Gasteiger partial charge in [0.25, 0.3) is 0 Å². The molecule has 1 heterocycles. The van der Waals surface area contributed by atoms with Crippen molar-refractivity contribution >= 4 is 11.6 Å². The minimum absolute atomic E-state index is 0.0695. The number of rotatable bonds is 4. The van der Waals surface area contributed by atoms with Crippen LogP contribution in [-0.2, 0) is 6.42 Å². The zero-order chi connectivity index (χ0) is 14.8. The fourth-order valence-electron chi connectivity index (χ4n) is 2.90. The Kier molecular flexibility index (Phi) is 5.05. The standard InChI is InChI=1S/C16H24ClFN2/c1-16(2,20-9-4-3-5-10-20)14(19)11-12-7-6-8-13(18)15(12)17/h6-8,14H,3-5,9-11,19H2,1-2H3. The van der Waals surface area contributed by atoms with Crippen LogP contribution in [0.25, 0.3) is 0 Å². The predicted octanol–water partition coefficient (Wildman–Crippen LogP) is 3.61. The van der Waals surface area contributed by atoms with E-state index in [4.69, 9.17) is 17.3 Å². The van der Waals surface area contributed by atoms with Crippen LogP contribution in [0.2, 0.25) is 5.02 Å². The third kappa shape index (κ3) is 3.33. The number of nitrogens with two attached hydrogens (primary N) is 1. The summed E-state index contributed by atoms with van der Waals surface area (Å²) in [4.78, 5) is 2.45. The van der Waals surface area contributed by atoms with Gasteiger partial charge in [-0.05, 0) is 57.8 Å². The Bertz CT molecular complexity index is 456. The van der Waals surface area contributed by atoms with E-state index in [1.807, 2.05) is 6.07 Å². The minimum Gasteiger partial charge on any atom is -0.326 e. The van der Waals surface area contributed by atoms with Crippen molar-refractivity contribution in [3.63, 3.8) is 0 Å². The molecule has 20 heavy (non-hydrogen) atoms. The molecule has 1 aliphatic rings. The smallest absolute Gasteiger partial charge is 0.142 e. The highest BCUT2D eigenvalue weighted by Crippen LogP contribution is 2.27. The molecule has 1 saturated heterocycles. The molecule has 112 valence electrons. The average molecular weight is 299 g/mol. The highest BCUT2D eigenvalue weighted by atomic mass is 35.5. The van der Waals surface area contributed by atoms with Gasteiger partial charge in [-0.2, -0.15) is 0 Å². The van der Waals surface area contributed by atoms with Crippen molar-refractivity contribution in [1.29, 1.82) is 0 Å². The summed E-state index contributed by atoms with van der Waals surface area (Å²) in [6.07, 6.45) is 4.37. The SMILES string of the molecule is CC(C)(C(N)Cc1cccc(F)c1Cl)N1CCCCC1. The van der Waals surface area contributed by atoms with E-state index in [9.17, 15) is 4.39 Å². The summed E-state index contributed by atoms with van der Waals surface area (Å²) in [7, 11) is 0. The molecular weight excluding hydrogens is 275 g/mol. The summed E-state index contributed by atoms with van der Waals surface area (Å²) in [5, 5.41) is 0.206. The summed E-state index contributed by atoms with van der Waals surface area (Å²) in [6, 6.07) is 4.86. The highest BCUT2D eigenvalue weighted by Gasteiger charge is 2.34. The Hall–Kier alpha value is -0.640. The molecule has 1 aliphatic heterocycles. The molecule has 1 fully saturated rings. The Morgan fingerprint density at radius 3 is 2.60 bits per heavy atom. The zero-order valence-corrected chi connectivity index (χ0v) is 13.1. The summed E-state index contributed by atoms with van der Waals surface area (Å²) < 4.78 is 13.5. The number of likely N-dealkylation sites (tertiary alicyclic amines) is 1. The van der Waals surface area contributed by atoms with E-state index >= 15 is 0 Å². The van der Waals surface area contributed by atoms with E-state index in [1.54, 1.807) is 6.07 Å². The van der Waals surface area contributed by atoms with Gasteiger partial charge >= 0.3 is 0 Å². The van der Waals surface area contributed by atoms with Crippen LogP contribution in [0.15, 0.2) is 18.2 Å². The molecule has 0 aromatic heterocycles. The van der Waals surface area contributed by atoms with Gasteiger partial charge in [0.1, 0.15) is 5.82 Å². The average Bonchev–Trinajstić information content (AvgIpc) is 2.44. The number of benzene rings is 1. The first-order valence-electron chi connectivity index (χ1n) is 7.36. The van der Waals surface area contributed by atoms with E-state index in [-0.39, 0.29) is 22.4 Å². The maximum Gasteiger partial charge on any atom is 0.142 e. The van der Waals surface area contributed by atoms with Gasteiger partial charge in [0.15, 0.2) is 0 Å². The predicted molar refractivity (Wildman–Crippen MR) is 82.6 cm³/mol. The minimum atomic E-state index is -0.368. The van der Waals surface area contributed by atoms with E-state index in [2.05, 4.69) is 18.7 Å². The van der Waals surface area contributed by atoms with Crippen molar-refractivity contribution in [2.75, 3.05) is 13.1 Å². The molecule has 2 rings (SSSR count). The van der Waals surface area contributed by atoms with Gasteiger partial charge in [0.2, 0.25) is 0 Å². The third-order valence-corrected chi connectivity index (χ3v) is 4.97. The largest absolute Gasteiger partial charge is 0.326 e. The Morgan fingerprint density at radius 2 is 1.95 bits per heavy atom. The lowest BCUT2D eigenvalue weighted by Crippen LogP contribution is -2.58. The van der Waals surface area contributed by atoms with Crippen LogP contribution in [0.4, 0.5) is 4.39 Å². The number of halogens is 2. The molecule has 2 nitrogen and oxygen atoms in total. The molecule has 0 spiro atoms. The molecule has 1 aromatic carbocycles. The second kappa shape index (κ2) is 6.42. The van der Waals surface area contributed by atoms with Crippen molar-refractivity contribution in [2.24, 2.45) is 5.73 Å². The highest BCUT2D eigenvalue weighted by molar-refractivity contribution is 6.31. The van der Waals surface area contributed by atoms with Crippen LogP contribution in [0.5, 0.6) is 0 Å². The fraction of sp³-hybridized carbons (Fsp3) is 0.625. The van der Waals surface area contributed by atoms with Crippen LogP contribution in [0, 0.1) is 5.82 Å². The summed E-state index contributed by atoms with van der Waals surface area (Å²) >= 11 is 6.03.